The zero-order chi connectivity index (χ0) is 22.5. The molecule has 0 unspecified atom stereocenters. The van der Waals surface area contributed by atoms with Crippen molar-refractivity contribution in [2.75, 3.05) is 26.6 Å². The number of carbonyl (C=O) groups excluding carboxylic acids is 1. The molecular formula is C24H22N4O4. The third kappa shape index (κ3) is 4.39. The molecule has 1 amide bonds. The second kappa shape index (κ2) is 9.22. The van der Waals surface area contributed by atoms with Gasteiger partial charge in [-0.25, -0.2) is 4.68 Å². The van der Waals surface area contributed by atoms with Crippen LogP contribution in [0.2, 0.25) is 0 Å². The van der Waals surface area contributed by atoms with Crippen LogP contribution in [-0.2, 0) is 0 Å². The van der Waals surface area contributed by atoms with Gasteiger partial charge in [-0.3, -0.25) is 9.78 Å². The van der Waals surface area contributed by atoms with E-state index in [2.05, 4.69) is 15.4 Å². The Morgan fingerprint density at radius 3 is 2.16 bits per heavy atom. The lowest BCUT2D eigenvalue weighted by atomic mass is 10.2. The van der Waals surface area contributed by atoms with Crippen molar-refractivity contribution in [1.82, 2.24) is 14.8 Å². The quantitative estimate of drug-likeness (QED) is 0.473. The molecule has 0 aliphatic rings. The number of anilines is 1. The third-order valence-electron chi connectivity index (χ3n) is 4.83. The normalized spacial score (nSPS) is 10.5. The molecule has 0 spiro atoms. The Morgan fingerprint density at radius 1 is 0.875 bits per heavy atom. The smallest absolute Gasteiger partial charge is 0.276 e. The lowest BCUT2D eigenvalue weighted by Gasteiger charge is -2.09. The molecule has 0 radical (unpaired) electrons. The molecule has 0 aliphatic carbocycles. The summed E-state index contributed by atoms with van der Waals surface area (Å²) < 4.78 is 17.5. The standard InChI is InChI=1S/C24H22N4O4/c1-30-19-8-6-18(7-9-19)28-23(16-5-4-10-25-15-16)14-22(27-28)24(29)26-17-11-20(31-2)13-21(12-17)32-3/h4-15H,1-3H3,(H,26,29). The number of hydrogen-bond donors (Lipinski definition) is 1. The van der Waals surface area contributed by atoms with Crippen molar-refractivity contribution in [2.45, 2.75) is 0 Å². The number of carbonyl (C=O) groups is 1. The maximum Gasteiger partial charge on any atom is 0.276 e. The molecule has 4 rings (SSSR count). The fourth-order valence-electron chi connectivity index (χ4n) is 3.21. The second-order valence-electron chi connectivity index (χ2n) is 6.82. The summed E-state index contributed by atoms with van der Waals surface area (Å²) in [5.74, 6) is 1.51. The van der Waals surface area contributed by atoms with E-state index in [9.17, 15) is 4.79 Å². The van der Waals surface area contributed by atoms with Gasteiger partial charge in [0, 0.05) is 41.8 Å². The van der Waals surface area contributed by atoms with Gasteiger partial charge in [-0.15, -0.1) is 0 Å². The lowest BCUT2D eigenvalue weighted by Crippen LogP contribution is -2.13. The Kier molecular flexibility index (Phi) is 6.03. The topological polar surface area (TPSA) is 87.5 Å². The SMILES string of the molecule is COc1ccc(-n2nc(C(=O)Nc3cc(OC)cc(OC)c3)cc2-c2cccnc2)cc1. The Balaban J connectivity index is 1.71. The van der Waals surface area contributed by atoms with Crippen molar-refractivity contribution < 1.29 is 19.0 Å². The Morgan fingerprint density at radius 2 is 1.56 bits per heavy atom. The number of benzene rings is 2. The molecule has 1 N–H and O–H groups in total. The highest BCUT2D eigenvalue weighted by atomic mass is 16.5. The number of methoxy groups -OCH3 is 3. The molecule has 2 aromatic heterocycles. The largest absolute Gasteiger partial charge is 0.497 e. The molecule has 0 atom stereocenters. The van der Waals surface area contributed by atoms with Gasteiger partial charge in [-0.05, 0) is 42.5 Å². The molecule has 0 bridgehead atoms. The molecule has 0 saturated carbocycles. The van der Waals surface area contributed by atoms with Gasteiger partial charge in [0.15, 0.2) is 5.69 Å². The van der Waals surface area contributed by atoms with Crippen LogP contribution in [0.5, 0.6) is 17.2 Å². The summed E-state index contributed by atoms with van der Waals surface area (Å²) in [5, 5.41) is 7.43. The number of rotatable bonds is 7. The van der Waals surface area contributed by atoms with E-state index in [1.807, 2.05) is 36.4 Å². The number of pyridine rings is 1. The molecule has 8 heteroatoms. The lowest BCUT2D eigenvalue weighted by molar-refractivity contribution is 0.102. The molecule has 32 heavy (non-hydrogen) atoms. The number of ether oxygens (including phenoxy) is 3. The Hall–Kier alpha value is -4.33. The second-order valence-corrected chi connectivity index (χ2v) is 6.82. The first-order valence-corrected chi connectivity index (χ1v) is 9.80. The Labute approximate surface area is 185 Å². The number of aromatic nitrogens is 3. The fraction of sp³-hybridized carbons (Fsp3) is 0.125. The summed E-state index contributed by atoms with van der Waals surface area (Å²) in [4.78, 5) is 17.2. The van der Waals surface area contributed by atoms with Gasteiger partial charge in [0.2, 0.25) is 0 Å². The third-order valence-corrected chi connectivity index (χ3v) is 4.83. The van der Waals surface area contributed by atoms with E-state index in [4.69, 9.17) is 14.2 Å². The highest BCUT2D eigenvalue weighted by Gasteiger charge is 2.18. The van der Waals surface area contributed by atoms with E-state index in [0.29, 0.717) is 17.2 Å². The van der Waals surface area contributed by atoms with Crippen LogP contribution in [0.25, 0.3) is 16.9 Å². The summed E-state index contributed by atoms with van der Waals surface area (Å²) >= 11 is 0. The van der Waals surface area contributed by atoms with Gasteiger partial charge >= 0.3 is 0 Å². The summed E-state index contributed by atoms with van der Waals surface area (Å²) in [6.45, 7) is 0. The van der Waals surface area contributed by atoms with Crippen LogP contribution < -0.4 is 19.5 Å². The van der Waals surface area contributed by atoms with Gasteiger partial charge in [-0.2, -0.15) is 5.10 Å². The molecule has 8 nitrogen and oxygen atoms in total. The monoisotopic (exact) mass is 430 g/mol. The molecular weight excluding hydrogens is 408 g/mol. The van der Waals surface area contributed by atoms with Crippen LogP contribution in [0.1, 0.15) is 10.5 Å². The van der Waals surface area contributed by atoms with Crippen molar-refractivity contribution in [3.63, 3.8) is 0 Å². The van der Waals surface area contributed by atoms with Crippen LogP contribution >= 0.6 is 0 Å². The maximum atomic E-state index is 13.0. The van der Waals surface area contributed by atoms with Crippen LogP contribution in [0.3, 0.4) is 0 Å². The van der Waals surface area contributed by atoms with Gasteiger partial charge < -0.3 is 19.5 Å². The van der Waals surface area contributed by atoms with Crippen molar-refractivity contribution >= 4 is 11.6 Å². The average molecular weight is 430 g/mol. The van der Waals surface area contributed by atoms with E-state index in [0.717, 1.165) is 22.7 Å². The molecule has 2 aromatic carbocycles. The summed E-state index contributed by atoms with van der Waals surface area (Å²) in [5.41, 5.74) is 3.14. The van der Waals surface area contributed by atoms with E-state index in [1.54, 1.807) is 62.7 Å². The predicted octanol–water partition coefficient (Wildman–Crippen LogP) is 4.21. The van der Waals surface area contributed by atoms with Gasteiger partial charge in [-0.1, -0.05) is 0 Å². The van der Waals surface area contributed by atoms with Crippen LogP contribution in [0.4, 0.5) is 5.69 Å². The highest BCUT2D eigenvalue weighted by Crippen LogP contribution is 2.28. The number of amides is 1. The molecule has 0 fully saturated rings. The van der Waals surface area contributed by atoms with Crippen molar-refractivity contribution in [2.24, 2.45) is 0 Å². The minimum Gasteiger partial charge on any atom is -0.497 e. The van der Waals surface area contributed by atoms with Crippen molar-refractivity contribution in [3.05, 3.63) is 78.8 Å². The van der Waals surface area contributed by atoms with E-state index in [-0.39, 0.29) is 11.6 Å². The number of nitrogens with one attached hydrogen (secondary N) is 1. The van der Waals surface area contributed by atoms with E-state index >= 15 is 0 Å². The predicted molar refractivity (Wildman–Crippen MR) is 121 cm³/mol. The highest BCUT2D eigenvalue weighted by molar-refractivity contribution is 6.03. The summed E-state index contributed by atoms with van der Waals surface area (Å²) in [6, 6.07) is 18.1. The number of nitrogens with zero attached hydrogens (tertiary/aromatic N) is 3. The first-order valence-electron chi connectivity index (χ1n) is 9.80. The van der Waals surface area contributed by atoms with Gasteiger partial charge in [0.25, 0.3) is 5.91 Å². The van der Waals surface area contributed by atoms with Crippen molar-refractivity contribution in [1.29, 1.82) is 0 Å². The molecule has 2 heterocycles. The number of hydrogen-bond acceptors (Lipinski definition) is 6. The first-order chi connectivity index (χ1) is 15.6. The molecule has 0 aliphatic heterocycles. The summed E-state index contributed by atoms with van der Waals surface area (Å²) in [7, 11) is 4.72. The average Bonchev–Trinajstić information content (AvgIpc) is 3.30. The summed E-state index contributed by atoms with van der Waals surface area (Å²) in [6.07, 6.45) is 3.42. The van der Waals surface area contributed by atoms with E-state index in [1.165, 1.54) is 0 Å². The van der Waals surface area contributed by atoms with Crippen molar-refractivity contribution in [3.8, 4) is 34.2 Å². The maximum absolute atomic E-state index is 13.0. The minimum atomic E-state index is -0.363. The van der Waals surface area contributed by atoms with Crippen LogP contribution in [0.15, 0.2) is 73.1 Å². The van der Waals surface area contributed by atoms with E-state index < -0.39 is 0 Å². The molecule has 0 saturated heterocycles. The zero-order valence-corrected chi connectivity index (χ0v) is 17.9. The first kappa shape index (κ1) is 20.9. The Bertz CT molecular complexity index is 1200. The molecule has 162 valence electrons. The van der Waals surface area contributed by atoms with Crippen LogP contribution in [0, 0.1) is 0 Å². The fourth-order valence-corrected chi connectivity index (χ4v) is 3.21. The van der Waals surface area contributed by atoms with Gasteiger partial charge in [0.05, 0.1) is 32.7 Å². The van der Waals surface area contributed by atoms with Crippen LogP contribution in [-0.4, -0.2) is 42.0 Å². The molecule has 4 aromatic rings. The zero-order valence-electron chi connectivity index (χ0n) is 17.9. The minimum absolute atomic E-state index is 0.251. The van der Waals surface area contributed by atoms with Gasteiger partial charge in [0.1, 0.15) is 17.2 Å².